The lowest BCUT2D eigenvalue weighted by Gasteiger charge is -2.36. The van der Waals surface area contributed by atoms with Gasteiger partial charge in [-0.3, -0.25) is 0 Å². The lowest BCUT2D eigenvalue weighted by atomic mass is 9.75. The molecule has 3 aromatic rings. The maximum absolute atomic E-state index is 13.0. The molecule has 37 heavy (non-hydrogen) atoms. The number of nitrogens with zero attached hydrogens (tertiary/aromatic N) is 1. The minimum absolute atomic E-state index is 0.247. The molecule has 5 nitrogen and oxygen atoms in total. The molecule has 0 bridgehead atoms. The summed E-state index contributed by atoms with van der Waals surface area (Å²) in [7, 11) is 0. The Labute approximate surface area is 222 Å². The van der Waals surface area contributed by atoms with Gasteiger partial charge in [0.15, 0.2) is 0 Å². The van der Waals surface area contributed by atoms with Gasteiger partial charge in [-0.05, 0) is 59.4 Å². The molecule has 0 atom stereocenters. The Bertz CT molecular complexity index is 1270. The molecule has 1 amide bonds. The zero-order valence-electron chi connectivity index (χ0n) is 21.2. The Morgan fingerprint density at radius 3 is 2.35 bits per heavy atom. The molecule has 0 unspecified atom stereocenters. The highest BCUT2D eigenvalue weighted by Gasteiger charge is 2.33. The van der Waals surface area contributed by atoms with Crippen LogP contribution in [0.25, 0.3) is 16.0 Å². The first-order valence-corrected chi connectivity index (χ1v) is 13.9. The number of ether oxygens (including phenoxy) is 1. The molecular weight excluding hydrogens is 482 g/mol. The van der Waals surface area contributed by atoms with E-state index >= 15 is 0 Å². The summed E-state index contributed by atoms with van der Waals surface area (Å²) >= 11 is 1.34. The number of amides is 1. The van der Waals surface area contributed by atoms with Gasteiger partial charge in [-0.25, -0.2) is 9.59 Å². The molecule has 1 aliphatic heterocycles. The normalized spacial score (nSPS) is 20.1. The van der Waals surface area contributed by atoms with Crippen LogP contribution in [0.5, 0.6) is 0 Å². The summed E-state index contributed by atoms with van der Waals surface area (Å²) in [5, 5.41) is 10.1. The molecule has 1 aliphatic carbocycles. The van der Waals surface area contributed by atoms with Gasteiger partial charge in [-0.2, -0.15) is 0 Å². The van der Waals surface area contributed by atoms with Crippen molar-refractivity contribution in [2.45, 2.75) is 45.6 Å². The van der Waals surface area contributed by atoms with Crippen molar-refractivity contribution >= 4 is 29.0 Å². The Balaban J connectivity index is 1.46. The summed E-state index contributed by atoms with van der Waals surface area (Å²) in [6, 6.07) is 21.7. The van der Waals surface area contributed by atoms with Crippen molar-refractivity contribution < 1.29 is 19.4 Å². The molecule has 0 spiro atoms. The van der Waals surface area contributed by atoms with Crippen LogP contribution < -0.4 is 0 Å². The molecule has 1 fully saturated rings. The van der Waals surface area contributed by atoms with Crippen LogP contribution in [-0.2, 0) is 11.3 Å². The highest BCUT2D eigenvalue weighted by atomic mass is 32.1. The Hall–Kier alpha value is -3.38. The summed E-state index contributed by atoms with van der Waals surface area (Å²) in [5.41, 5.74) is 5.14. The van der Waals surface area contributed by atoms with Gasteiger partial charge in [-0.15, -0.1) is 11.3 Å². The van der Waals surface area contributed by atoms with Crippen molar-refractivity contribution in [2.75, 3.05) is 13.1 Å². The first kappa shape index (κ1) is 25.3. The van der Waals surface area contributed by atoms with Crippen molar-refractivity contribution in [3.05, 3.63) is 88.3 Å². The monoisotopic (exact) mass is 515 g/mol. The Kier molecular flexibility index (Phi) is 7.75. The molecule has 192 valence electrons. The van der Waals surface area contributed by atoms with E-state index in [9.17, 15) is 14.7 Å². The maximum atomic E-state index is 13.0. The predicted octanol–water partition coefficient (Wildman–Crippen LogP) is 7.74. The van der Waals surface area contributed by atoms with Crippen LogP contribution in [0.4, 0.5) is 4.79 Å². The fraction of sp³-hybridized carbons (Fsp3) is 0.355. The number of hydrogen-bond acceptors (Lipinski definition) is 4. The molecule has 1 saturated carbocycles. The van der Waals surface area contributed by atoms with Crippen LogP contribution >= 0.6 is 11.3 Å². The largest absolute Gasteiger partial charge is 0.477 e. The van der Waals surface area contributed by atoms with Crippen LogP contribution in [0.15, 0.2) is 72.3 Å². The van der Waals surface area contributed by atoms with E-state index in [4.69, 9.17) is 4.74 Å². The number of thiophene rings is 1. The summed E-state index contributed by atoms with van der Waals surface area (Å²) in [6.45, 7) is 3.56. The van der Waals surface area contributed by atoms with Crippen molar-refractivity contribution in [1.82, 2.24) is 4.90 Å². The molecule has 2 heterocycles. The van der Waals surface area contributed by atoms with Crippen molar-refractivity contribution in [3.8, 4) is 10.4 Å². The van der Waals surface area contributed by atoms with Gasteiger partial charge in [0.1, 0.15) is 11.5 Å². The van der Waals surface area contributed by atoms with Crippen LogP contribution in [0, 0.1) is 11.8 Å². The Morgan fingerprint density at radius 1 is 1.00 bits per heavy atom. The third kappa shape index (κ3) is 5.80. The first-order chi connectivity index (χ1) is 18.0. The highest BCUT2D eigenvalue weighted by Crippen LogP contribution is 2.43. The summed E-state index contributed by atoms with van der Waals surface area (Å²) < 4.78 is 5.66. The molecule has 0 radical (unpaired) electrons. The Morgan fingerprint density at radius 2 is 1.68 bits per heavy atom. The zero-order valence-corrected chi connectivity index (χ0v) is 22.0. The molecule has 1 N–H and O–H groups in total. The van der Waals surface area contributed by atoms with Crippen LogP contribution in [0.1, 0.15) is 59.8 Å². The lowest BCUT2D eigenvalue weighted by molar-refractivity contribution is 0.0701. The van der Waals surface area contributed by atoms with Crippen molar-refractivity contribution in [1.29, 1.82) is 0 Å². The standard InChI is InChI=1S/C31H33NO4S/c1-21-12-14-23(15-13-21)27-19-32(31(35)36-20-22-8-4-2-5-9-22)17-16-25(27)26-18-28(37-29(26)30(33)34)24-10-6-3-7-11-24/h2-11,18,21,23H,12-17,19-20H2,1H3,(H,33,34). The predicted molar refractivity (Wildman–Crippen MR) is 148 cm³/mol. The third-order valence-electron chi connectivity index (χ3n) is 7.66. The number of aromatic carboxylic acids is 1. The number of carbonyl (C=O) groups excluding carboxylic acids is 1. The number of rotatable bonds is 6. The number of benzene rings is 2. The van der Waals surface area contributed by atoms with Crippen LogP contribution in [0.3, 0.4) is 0 Å². The quantitative estimate of drug-likeness (QED) is 0.365. The summed E-state index contributed by atoms with van der Waals surface area (Å²) in [6.07, 6.45) is 4.79. The van der Waals surface area contributed by atoms with Gasteiger partial charge in [0.25, 0.3) is 0 Å². The SMILES string of the molecule is CC1CCC(C2=C(c3cc(-c4ccccc4)sc3C(=O)O)CCN(C(=O)OCc3ccccc3)C2)CC1. The van der Waals surface area contributed by atoms with Crippen molar-refractivity contribution in [3.63, 3.8) is 0 Å². The summed E-state index contributed by atoms with van der Waals surface area (Å²) in [5.74, 6) is 0.171. The van der Waals surface area contributed by atoms with E-state index in [1.807, 2.05) is 66.7 Å². The van der Waals surface area contributed by atoms with Gasteiger partial charge < -0.3 is 14.7 Å². The maximum Gasteiger partial charge on any atom is 0.410 e. The van der Waals surface area contributed by atoms with E-state index in [2.05, 4.69) is 6.92 Å². The highest BCUT2D eigenvalue weighted by molar-refractivity contribution is 7.17. The number of carboxylic acid groups (broad SMARTS) is 1. The summed E-state index contributed by atoms with van der Waals surface area (Å²) in [4.78, 5) is 28.5. The average Bonchev–Trinajstić information content (AvgIpc) is 3.39. The zero-order chi connectivity index (χ0) is 25.8. The first-order valence-electron chi connectivity index (χ1n) is 13.1. The van der Waals surface area contributed by atoms with Crippen molar-refractivity contribution in [2.24, 2.45) is 11.8 Å². The smallest absolute Gasteiger partial charge is 0.410 e. The number of hydrogen-bond donors (Lipinski definition) is 1. The fourth-order valence-corrected chi connectivity index (χ4v) is 6.59. The second-order valence-corrected chi connectivity index (χ2v) is 11.2. The van der Waals surface area contributed by atoms with E-state index < -0.39 is 5.97 Å². The van der Waals surface area contributed by atoms with E-state index in [0.29, 0.717) is 36.2 Å². The molecule has 0 saturated heterocycles. The minimum Gasteiger partial charge on any atom is -0.477 e. The average molecular weight is 516 g/mol. The topological polar surface area (TPSA) is 66.8 Å². The minimum atomic E-state index is -0.893. The van der Waals surface area contributed by atoms with E-state index in [0.717, 1.165) is 52.8 Å². The number of carbonyl (C=O) groups is 2. The molecule has 6 heteroatoms. The van der Waals surface area contributed by atoms with Gasteiger partial charge in [0.2, 0.25) is 0 Å². The van der Waals surface area contributed by atoms with Crippen LogP contribution in [-0.4, -0.2) is 35.2 Å². The molecule has 2 aromatic carbocycles. The second-order valence-electron chi connectivity index (χ2n) is 10.2. The van der Waals surface area contributed by atoms with Gasteiger partial charge >= 0.3 is 12.1 Å². The van der Waals surface area contributed by atoms with Crippen LogP contribution in [0.2, 0.25) is 0 Å². The van der Waals surface area contributed by atoms with Gasteiger partial charge in [0, 0.05) is 23.5 Å². The molecule has 1 aromatic heterocycles. The van der Waals surface area contributed by atoms with E-state index in [1.54, 1.807) is 4.90 Å². The molecule has 5 rings (SSSR count). The molecular formula is C31H33NO4S. The lowest BCUT2D eigenvalue weighted by Crippen LogP contribution is -2.39. The van der Waals surface area contributed by atoms with Gasteiger partial charge in [-0.1, -0.05) is 80.4 Å². The third-order valence-corrected chi connectivity index (χ3v) is 8.83. The molecule has 2 aliphatic rings. The second kappa shape index (κ2) is 11.3. The fourth-order valence-electron chi connectivity index (χ4n) is 5.56. The number of carboxylic acids is 1. The van der Waals surface area contributed by atoms with Gasteiger partial charge in [0.05, 0.1) is 0 Å². The van der Waals surface area contributed by atoms with E-state index in [-0.39, 0.29) is 12.7 Å². The van der Waals surface area contributed by atoms with E-state index in [1.165, 1.54) is 16.9 Å².